The normalized spacial score (nSPS) is 12.4. The molecule has 0 saturated carbocycles. The van der Waals surface area contributed by atoms with Crippen LogP contribution in [0.5, 0.6) is 0 Å². The van der Waals surface area contributed by atoms with Gasteiger partial charge in [0.25, 0.3) is 0 Å². The Morgan fingerprint density at radius 2 is 1.72 bits per heavy atom. The molecular formula is C15H15F2N. The van der Waals surface area contributed by atoms with Crippen molar-refractivity contribution < 1.29 is 8.78 Å². The van der Waals surface area contributed by atoms with Gasteiger partial charge in [-0.15, -0.1) is 0 Å². The fourth-order valence-electron chi connectivity index (χ4n) is 1.86. The van der Waals surface area contributed by atoms with Crippen molar-refractivity contribution in [3.8, 4) is 0 Å². The van der Waals surface area contributed by atoms with Crippen LogP contribution >= 0.6 is 0 Å². The minimum atomic E-state index is -0.569. The minimum Gasteiger partial charge on any atom is -0.324 e. The Bertz CT molecular complexity index is 535. The van der Waals surface area contributed by atoms with Crippen LogP contribution in [0.4, 0.5) is 8.78 Å². The first kappa shape index (κ1) is 12.7. The number of hydrogen-bond acceptors (Lipinski definition) is 1. The van der Waals surface area contributed by atoms with Gasteiger partial charge in [-0.3, -0.25) is 0 Å². The third-order valence-corrected chi connectivity index (χ3v) is 2.96. The fraction of sp³-hybridized carbons (Fsp3) is 0.200. The lowest BCUT2D eigenvalue weighted by atomic mass is 9.98. The van der Waals surface area contributed by atoms with Crippen molar-refractivity contribution in [2.45, 2.75) is 19.4 Å². The number of hydrogen-bond donors (Lipinski definition) is 1. The van der Waals surface area contributed by atoms with Gasteiger partial charge in [0.05, 0.1) is 0 Å². The molecule has 1 nitrogen and oxygen atoms in total. The fourth-order valence-corrected chi connectivity index (χ4v) is 1.86. The van der Waals surface area contributed by atoms with Gasteiger partial charge < -0.3 is 5.73 Å². The van der Waals surface area contributed by atoms with Crippen molar-refractivity contribution in [2.24, 2.45) is 5.73 Å². The average molecular weight is 247 g/mol. The molecule has 1 atom stereocenters. The van der Waals surface area contributed by atoms with Crippen molar-refractivity contribution in [3.05, 3.63) is 70.8 Å². The van der Waals surface area contributed by atoms with E-state index in [-0.39, 0.29) is 6.04 Å². The molecule has 2 N–H and O–H groups in total. The number of halogens is 2. The zero-order valence-electron chi connectivity index (χ0n) is 10.2. The second-order valence-corrected chi connectivity index (χ2v) is 4.46. The lowest BCUT2D eigenvalue weighted by Gasteiger charge is -2.13. The van der Waals surface area contributed by atoms with E-state index in [1.165, 1.54) is 12.1 Å². The van der Waals surface area contributed by atoms with E-state index in [4.69, 9.17) is 5.73 Å². The van der Waals surface area contributed by atoms with E-state index in [9.17, 15) is 8.78 Å². The van der Waals surface area contributed by atoms with Gasteiger partial charge >= 0.3 is 0 Å². The summed E-state index contributed by atoms with van der Waals surface area (Å²) in [7, 11) is 0. The molecule has 0 fully saturated rings. The van der Waals surface area contributed by atoms with Crippen molar-refractivity contribution in [3.63, 3.8) is 0 Å². The quantitative estimate of drug-likeness (QED) is 0.882. The maximum atomic E-state index is 13.5. The van der Waals surface area contributed by atoms with Crippen molar-refractivity contribution in [1.82, 2.24) is 0 Å². The first-order chi connectivity index (χ1) is 8.56. The number of rotatable bonds is 3. The molecule has 0 spiro atoms. The summed E-state index contributed by atoms with van der Waals surface area (Å²) in [4.78, 5) is 0. The minimum absolute atomic E-state index is 0.287. The topological polar surface area (TPSA) is 26.0 Å². The molecule has 0 bridgehead atoms. The average Bonchev–Trinajstić information content (AvgIpc) is 2.33. The zero-order chi connectivity index (χ0) is 13.1. The predicted octanol–water partition coefficient (Wildman–Crippen LogP) is 3.52. The molecule has 0 radical (unpaired) electrons. The molecule has 2 aromatic carbocycles. The first-order valence-corrected chi connectivity index (χ1v) is 5.82. The molecule has 0 amide bonds. The second-order valence-electron chi connectivity index (χ2n) is 4.46. The van der Waals surface area contributed by atoms with E-state index in [0.717, 1.165) is 17.2 Å². The predicted molar refractivity (Wildman–Crippen MR) is 68.2 cm³/mol. The number of aryl methyl sites for hydroxylation is 1. The van der Waals surface area contributed by atoms with E-state index in [2.05, 4.69) is 0 Å². The summed E-state index contributed by atoms with van der Waals surface area (Å²) in [6.07, 6.45) is 0.356. The highest BCUT2D eigenvalue weighted by Gasteiger charge is 2.10. The smallest absolute Gasteiger partial charge is 0.129 e. The van der Waals surface area contributed by atoms with Crippen LogP contribution in [0, 0.1) is 18.6 Å². The maximum Gasteiger partial charge on any atom is 0.129 e. The highest BCUT2D eigenvalue weighted by atomic mass is 19.1. The summed E-state index contributed by atoms with van der Waals surface area (Å²) in [5, 5.41) is 0. The van der Waals surface area contributed by atoms with Crippen LogP contribution in [0.15, 0.2) is 42.5 Å². The van der Waals surface area contributed by atoms with Gasteiger partial charge in [-0.2, -0.15) is 0 Å². The van der Waals surface area contributed by atoms with E-state index in [0.29, 0.717) is 12.0 Å². The molecule has 1 unspecified atom stereocenters. The Labute approximate surface area is 105 Å². The molecule has 0 aliphatic rings. The summed E-state index contributed by atoms with van der Waals surface area (Å²) in [6, 6.07) is 11.1. The van der Waals surface area contributed by atoms with Gasteiger partial charge in [0, 0.05) is 12.1 Å². The Morgan fingerprint density at radius 1 is 1.06 bits per heavy atom. The van der Waals surface area contributed by atoms with Crippen molar-refractivity contribution in [2.75, 3.05) is 0 Å². The first-order valence-electron chi connectivity index (χ1n) is 5.82. The Morgan fingerprint density at radius 3 is 2.33 bits per heavy atom. The van der Waals surface area contributed by atoms with Crippen molar-refractivity contribution >= 4 is 0 Å². The molecular weight excluding hydrogens is 232 g/mol. The molecule has 0 aromatic heterocycles. The third kappa shape index (κ3) is 2.93. The Balaban J connectivity index is 2.15. The van der Waals surface area contributed by atoms with Gasteiger partial charge in [-0.25, -0.2) is 8.78 Å². The SMILES string of the molecule is Cc1ccc(C(N)Cc2ccc(F)cc2F)cc1. The standard InChI is InChI=1S/C15H15F2N/c1-10-2-4-11(5-3-10)15(18)8-12-6-7-13(16)9-14(12)17/h2-7,9,15H,8,18H2,1H3. The van der Waals surface area contributed by atoms with E-state index in [1.807, 2.05) is 31.2 Å². The third-order valence-electron chi connectivity index (χ3n) is 2.96. The zero-order valence-corrected chi connectivity index (χ0v) is 10.2. The van der Waals surface area contributed by atoms with E-state index in [1.54, 1.807) is 0 Å². The summed E-state index contributed by atoms with van der Waals surface area (Å²) in [6.45, 7) is 1.99. The Kier molecular flexibility index (Phi) is 3.72. The van der Waals surface area contributed by atoms with Crippen LogP contribution in [0.2, 0.25) is 0 Å². The molecule has 18 heavy (non-hydrogen) atoms. The molecule has 3 heteroatoms. The van der Waals surface area contributed by atoms with Crippen LogP contribution in [0.25, 0.3) is 0 Å². The monoisotopic (exact) mass is 247 g/mol. The number of benzene rings is 2. The van der Waals surface area contributed by atoms with Crippen LogP contribution in [0.1, 0.15) is 22.7 Å². The lowest BCUT2D eigenvalue weighted by molar-refractivity contribution is 0.563. The molecule has 0 saturated heterocycles. The summed E-state index contributed by atoms with van der Waals surface area (Å²) < 4.78 is 26.3. The van der Waals surface area contributed by atoms with Crippen LogP contribution in [-0.4, -0.2) is 0 Å². The molecule has 2 aromatic rings. The van der Waals surface area contributed by atoms with Crippen LogP contribution in [0.3, 0.4) is 0 Å². The van der Waals surface area contributed by atoms with Gasteiger partial charge in [-0.1, -0.05) is 35.9 Å². The highest BCUT2D eigenvalue weighted by molar-refractivity contribution is 5.27. The number of nitrogens with two attached hydrogens (primary N) is 1. The van der Waals surface area contributed by atoms with Gasteiger partial charge in [-0.05, 0) is 30.5 Å². The summed E-state index contributed by atoms with van der Waals surface area (Å²) >= 11 is 0. The van der Waals surface area contributed by atoms with E-state index >= 15 is 0 Å². The molecule has 94 valence electrons. The second kappa shape index (κ2) is 5.27. The largest absolute Gasteiger partial charge is 0.324 e. The van der Waals surface area contributed by atoms with Gasteiger partial charge in [0.2, 0.25) is 0 Å². The summed E-state index contributed by atoms with van der Waals surface area (Å²) in [5.74, 6) is -1.11. The molecule has 0 aliphatic heterocycles. The molecule has 0 heterocycles. The molecule has 2 rings (SSSR count). The van der Waals surface area contributed by atoms with Gasteiger partial charge in [0.1, 0.15) is 11.6 Å². The molecule has 0 aliphatic carbocycles. The highest BCUT2D eigenvalue weighted by Crippen LogP contribution is 2.19. The maximum absolute atomic E-state index is 13.5. The van der Waals surface area contributed by atoms with Gasteiger partial charge in [0.15, 0.2) is 0 Å². The lowest BCUT2D eigenvalue weighted by Crippen LogP contribution is -2.14. The van der Waals surface area contributed by atoms with Crippen LogP contribution < -0.4 is 5.73 Å². The van der Waals surface area contributed by atoms with Crippen molar-refractivity contribution in [1.29, 1.82) is 0 Å². The Hall–Kier alpha value is -1.74. The summed E-state index contributed by atoms with van der Waals surface area (Å²) in [5.41, 5.74) is 8.56. The van der Waals surface area contributed by atoms with E-state index < -0.39 is 11.6 Å². The van der Waals surface area contributed by atoms with Crippen LogP contribution in [-0.2, 0) is 6.42 Å².